The third kappa shape index (κ3) is 2.94. The van der Waals surface area contributed by atoms with Crippen molar-refractivity contribution in [3.05, 3.63) is 48.5 Å². The fourth-order valence-electron chi connectivity index (χ4n) is 1.77. The average Bonchev–Trinajstić information content (AvgIpc) is 2.91. The number of nitrogens with zero attached hydrogens (tertiary/aromatic N) is 1. The standard InChI is InChI=1S/C15H12N2O4/c1-19-14(18)16-10-6-8-11(9-7-10)20-15-17-12-4-2-3-5-13(12)21-15/h2-9H,1H3,(H,16,18). The van der Waals surface area contributed by atoms with E-state index in [0.717, 1.165) is 5.52 Å². The van der Waals surface area contributed by atoms with E-state index in [1.807, 2.05) is 24.3 Å². The number of fused-ring (bicyclic) bond motifs is 1. The molecule has 0 aliphatic heterocycles. The van der Waals surface area contributed by atoms with Crippen molar-refractivity contribution in [2.24, 2.45) is 0 Å². The van der Waals surface area contributed by atoms with Crippen LogP contribution in [0, 0.1) is 0 Å². The van der Waals surface area contributed by atoms with Gasteiger partial charge in [-0.25, -0.2) is 4.79 Å². The molecule has 1 aromatic heterocycles. The van der Waals surface area contributed by atoms with Crippen molar-refractivity contribution in [3.63, 3.8) is 0 Å². The van der Waals surface area contributed by atoms with Crippen LogP contribution in [0.15, 0.2) is 52.9 Å². The number of hydrogen-bond acceptors (Lipinski definition) is 5. The van der Waals surface area contributed by atoms with Gasteiger partial charge in [-0.3, -0.25) is 5.32 Å². The quantitative estimate of drug-likeness (QED) is 0.791. The van der Waals surface area contributed by atoms with Gasteiger partial charge in [0.1, 0.15) is 11.3 Å². The van der Waals surface area contributed by atoms with Crippen LogP contribution in [0.5, 0.6) is 11.8 Å². The molecule has 0 aliphatic rings. The largest absolute Gasteiger partial charge is 0.453 e. The lowest BCUT2D eigenvalue weighted by molar-refractivity contribution is 0.187. The second kappa shape index (κ2) is 5.54. The number of nitrogens with one attached hydrogen (secondary N) is 1. The lowest BCUT2D eigenvalue weighted by Crippen LogP contribution is -2.10. The Morgan fingerprint density at radius 3 is 2.62 bits per heavy atom. The van der Waals surface area contributed by atoms with E-state index in [1.54, 1.807) is 24.3 Å². The molecule has 3 aromatic rings. The van der Waals surface area contributed by atoms with Crippen molar-refractivity contribution in [1.29, 1.82) is 0 Å². The number of rotatable bonds is 3. The summed E-state index contributed by atoms with van der Waals surface area (Å²) in [5.74, 6) is 0.553. The monoisotopic (exact) mass is 284 g/mol. The molecule has 0 bridgehead atoms. The molecule has 2 aromatic carbocycles. The van der Waals surface area contributed by atoms with Gasteiger partial charge in [0.25, 0.3) is 0 Å². The van der Waals surface area contributed by atoms with E-state index >= 15 is 0 Å². The van der Waals surface area contributed by atoms with Gasteiger partial charge in [-0.1, -0.05) is 12.1 Å². The molecule has 3 rings (SSSR count). The summed E-state index contributed by atoms with van der Waals surface area (Å²) < 4.78 is 15.5. The van der Waals surface area contributed by atoms with Crippen LogP contribution < -0.4 is 10.1 Å². The first kappa shape index (κ1) is 13.0. The molecule has 1 amide bonds. The van der Waals surface area contributed by atoms with E-state index in [-0.39, 0.29) is 6.08 Å². The van der Waals surface area contributed by atoms with Gasteiger partial charge in [0.15, 0.2) is 5.58 Å². The van der Waals surface area contributed by atoms with Crippen molar-refractivity contribution in [3.8, 4) is 11.8 Å². The molecule has 0 aliphatic carbocycles. The number of ether oxygens (including phenoxy) is 2. The van der Waals surface area contributed by atoms with Gasteiger partial charge < -0.3 is 13.9 Å². The summed E-state index contributed by atoms with van der Waals surface area (Å²) in [4.78, 5) is 15.3. The molecular weight excluding hydrogens is 272 g/mol. The molecule has 0 saturated heterocycles. The molecular formula is C15H12N2O4. The lowest BCUT2D eigenvalue weighted by atomic mass is 10.3. The highest BCUT2D eigenvalue weighted by atomic mass is 16.6. The molecule has 0 saturated carbocycles. The molecule has 0 spiro atoms. The zero-order chi connectivity index (χ0) is 14.7. The van der Waals surface area contributed by atoms with E-state index in [1.165, 1.54) is 7.11 Å². The van der Waals surface area contributed by atoms with Gasteiger partial charge in [0.2, 0.25) is 0 Å². The van der Waals surface area contributed by atoms with E-state index in [4.69, 9.17) is 9.15 Å². The Hall–Kier alpha value is -3.02. The van der Waals surface area contributed by atoms with Gasteiger partial charge >= 0.3 is 12.2 Å². The molecule has 21 heavy (non-hydrogen) atoms. The molecule has 0 atom stereocenters. The summed E-state index contributed by atoms with van der Waals surface area (Å²) in [5, 5.41) is 2.55. The minimum absolute atomic E-state index is 0.171. The SMILES string of the molecule is COC(=O)Nc1ccc(Oc2nc3ccccc3o2)cc1. The smallest absolute Gasteiger partial charge is 0.411 e. The molecule has 1 heterocycles. The zero-order valence-electron chi connectivity index (χ0n) is 11.2. The van der Waals surface area contributed by atoms with Gasteiger partial charge in [-0.05, 0) is 36.4 Å². The lowest BCUT2D eigenvalue weighted by Gasteiger charge is -2.04. The summed E-state index contributed by atoms with van der Waals surface area (Å²) in [7, 11) is 1.31. The first-order valence-electron chi connectivity index (χ1n) is 6.23. The van der Waals surface area contributed by atoms with Crippen LogP contribution in [0.4, 0.5) is 10.5 Å². The Bertz CT molecular complexity index is 732. The first-order chi connectivity index (χ1) is 10.2. The fourth-order valence-corrected chi connectivity index (χ4v) is 1.77. The molecule has 6 heteroatoms. The Labute approximate surface area is 120 Å². The number of methoxy groups -OCH3 is 1. The van der Waals surface area contributed by atoms with Crippen LogP contribution >= 0.6 is 0 Å². The minimum atomic E-state index is -0.525. The highest BCUT2D eigenvalue weighted by Crippen LogP contribution is 2.26. The van der Waals surface area contributed by atoms with E-state index < -0.39 is 6.09 Å². The number of oxazole rings is 1. The third-order valence-electron chi connectivity index (χ3n) is 2.77. The predicted molar refractivity (Wildman–Crippen MR) is 76.6 cm³/mol. The van der Waals surface area contributed by atoms with Crippen LogP contribution in [0.25, 0.3) is 11.1 Å². The van der Waals surface area contributed by atoms with Crippen LogP contribution in [0.3, 0.4) is 0 Å². The summed E-state index contributed by atoms with van der Waals surface area (Å²) in [6.07, 6.45) is -0.354. The molecule has 106 valence electrons. The number of para-hydroxylation sites is 2. The number of carbonyl (C=O) groups is 1. The molecule has 0 radical (unpaired) electrons. The van der Waals surface area contributed by atoms with Crippen molar-refractivity contribution >= 4 is 22.9 Å². The second-order valence-corrected chi connectivity index (χ2v) is 4.19. The summed E-state index contributed by atoms with van der Waals surface area (Å²) in [6, 6.07) is 14.2. The maximum atomic E-state index is 11.1. The summed E-state index contributed by atoms with van der Waals surface area (Å²) >= 11 is 0. The van der Waals surface area contributed by atoms with E-state index in [0.29, 0.717) is 17.0 Å². The zero-order valence-corrected chi connectivity index (χ0v) is 11.2. The van der Waals surface area contributed by atoms with Crippen LogP contribution in [-0.4, -0.2) is 18.2 Å². The van der Waals surface area contributed by atoms with Gasteiger partial charge in [0.05, 0.1) is 7.11 Å². The second-order valence-electron chi connectivity index (χ2n) is 4.19. The highest BCUT2D eigenvalue weighted by Gasteiger charge is 2.07. The van der Waals surface area contributed by atoms with Crippen molar-refractivity contribution < 1.29 is 18.7 Å². The average molecular weight is 284 g/mol. The number of anilines is 1. The molecule has 6 nitrogen and oxygen atoms in total. The third-order valence-corrected chi connectivity index (χ3v) is 2.77. The normalized spacial score (nSPS) is 10.3. The summed E-state index contributed by atoms with van der Waals surface area (Å²) in [5.41, 5.74) is 2.00. The molecule has 0 fully saturated rings. The van der Waals surface area contributed by atoms with Crippen LogP contribution in [0.2, 0.25) is 0 Å². The van der Waals surface area contributed by atoms with Crippen LogP contribution in [-0.2, 0) is 4.74 Å². The predicted octanol–water partition coefficient (Wildman–Crippen LogP) is 3.80. The van der Waals surface area contributed by atoms with Crippen LogP contribution in [0.1, 0.15) is 0 Å². The van der Waals surface area contributed by atoms with Gasteiger partial charge in [-0.2, -0.15) is 4.98 Å². The Morgan fingerprint density at radius 1 is 1.14 bits per heavy atom. The van der Waals surface area contributed by atoms with Gasteiger partial charge in [-0.15, -0.1) is 0 Å². The maximum Gasteiger partial charge on any atom is 0.411 e. The number of aromatic nitrogens is 1. The highest BCUT2D eigenvalue weighted by molar-refractivity contribution is 5.84. The fraction of sp³-hybridized carbons (Fsp3) is 0.0667. The van der Waals surface area contributed by atoms with Gasteiger partial charge in [0, 0.05) is 5.69 Å². The minimum Gasteiger partial charge on any atom is -0.453 e. The summed E-state index contributed by atoms with van der Waals surface area (Å²) in [6.45, 7) is 0. The number of amides is 1. The number of hydrogen-bond donors (Lipinski definition) is 1. The topological polar surface area (TPSA) is 73.6 Å². The van der Waals surface area contributed by atoms with E-state index in [2.05, 4.69) is 15.0 Å². The molecule has 0 unspecified atom stereocenters. The first-order valence-corrected chi connectivity index (χ1v) is 6.23. The number of carbonyl (C=O) groups excluding carboxylic acids is 1. The maximum absolute atomic E-state index is 11.1. The molecule has 1 N–H and O–H groups in total. The number of benzene rings is 2. The Kier molecular flexibility index (Phi) is 3.42. The Balaban J connectivity index is 1.74. The van der Waals surface area contributed by atoms with E-state index in [9.17, 15) is 4.79 Å². The van der Waals surface area contributed by atoms with Crippen molar-refractivity contribution in [1.82, 2.24) is 4.98 Å². The van der Waals surface area contributed by atoms with Crippen molar-refractivity contribution in [2.45, 2.75) is 0 Å². The Morgan fingerprint density at radius 2 is 1.90 bits per heavy atom. The van der Waals surface area contributed by atoms with Crippen molar-refractivity contribution in [2.75, 3.05) is 12.4 Å².